The van der Waals surface area contributed by atoms with Crippen molar-refractivity contribution in [3.8, 4) is 0 Å². The highest BCUT2D eigenvalue weighted by atomic mass is 16.2. The Balaban J connectivity index is 1.74. The molecule has 3 rings (SSSR count). The average molecular weight is 292 g/mol. The lowest BCUT2D eigenvalue weighted by Crippen LogP contribution is -2.46. The SMILES string of the molecule is O=C(c1cc(=O)[nH]c(=O)[nH]1)N1CCCC(C2CCCN2)C1. The highest BCUT2D eigenvalue weighted by Gasteiger charge is 2.31. The predicted octanol–water partition coefficient (Wildman–Crippen LogP) is -0.333. The minimum Gasteiger partial charge on any atom is -0.337 e. The standard InChI is InChI=1S/C14H20N4O3/c19-12-7-11(16-14(21)17-12)13(20)18-6-2-3-9(8-18)10-4-1-5-15-10/h7,9-10,15H,1-6,8H2,(H2,16,17,19,21). The number of H-pyrrole nitrogens is 2. The Morgan fingerprint density at radius 1 is 1.19 bits per heavy atom. The summed E-state index contributed by atoms with van der Waals surface area (Å²) in [4.78, 5) is 41.3. The lowest BCUT2D eigenvalue weighted by molar-refractivity contribution is 0.0644. The second-order valence-electron chi connectivity index (χ2n) is 5.86. The number of hydrogen-bond acceptors (Lipinski definition) is 4. The third-order valence-corrected chi connectivity index (χ3v) is 4.40. The second kappa shape index (κ2) is 5.85. The van der Waals surface area contributed by atoms with Gasteiger partial charge in [-0.05, 0) is 38.1 Å². The highest BCUT2D eigenvalue weighted by Crippen LogP contribution is 2.25. The predicted molar refractivity (Wildman–Crippen MR) is 77.3 cm³/mol. The molecular weight excluding hydrogens is 272 g/mol. The molecule has 2 saturated heterocycles. The van der Waals surface area contributed by atoms with Crippen LogP contribution in [0, 0.1) is 5.92 Å². The van der Waals surface area contributed by atoms with E-state index in [1.807, 2.05) is 0 Å². The Bertz CT molecular complexity index is 601. The van der Waals surface area contributed by atoms with Gasteiger partial charge in [-0.2, -0.15) is 0 Å². The molecule has 0 spiro atoms. The zero-order valence-electron chi connectivity index (χ0n) is 11.9. The van der Waals surface area contributed by atoms with Crippen molar-refractivity contribution in [1.82, 2.24) is 20.2 Å². The van der Waals surface area contributed by atoms with Crippen LogP contribution >= 0.6 is 0 Å². The normalized spacial score (nSPS) is 26.0. The number of rotatable bonds is 2. The molecule has 7 nitrogen and oxygen atoms in total. The largest absolute Gasteiger partial charge is 0.337 e. The van der Waals surface area contributed by atoms with Gasteiger partial charge in [-0.1, -0.05) is 0 Å². The lowest BCUT2D eigenvalue weighted by Gasteiger charge is -2.35. The van der Waals surface area contributed by atoms with Crippen molar-refractivity contribution in [2.24, 2.45) is 5.92 Å². The van der Waals surface area contributed by atoms with E-state index in [9.17, 15) is 14.4 Å². The average Bonchev–Trinajstić information content (AvgIpc) is 3.00. The topological polar surface area (TPSA) is 98.1 Å². The van der Waals surface area contributed by atoms with Gasteiger partial charge in [0.2, 0.25) is 0 Å². The van der Waals surface area contributed by atoms with Gasteiger partial charge in [0.1, 0.15) is 5.69 Å². The second-order valence-corrected chi connectivity index (χ2v) is 5.86. The van der Waals surface area contributed by atoms with Crippen LogP contribution in [0.25, 0.3) is 0 Å². The van der Waals surface area contributed by atoms with Gasteiger partial charge in [-0.25, -0.2) is 4.79 Å². The summed E-state index contributed by atoms with van der Waals surface area (Å²) in [5.74, 6) is 0.194. The number of likely N-dealkylation sites (tertiary alicyclic amines) is 1. The number of piperidine rings is 1. The first kappa shape index (κ1) is 14.1. The Hall–Kier alpha value is -1.89. The molecule has 2 atom stereocenters. The van der Waals surface area contributed by atoms with E-state index in [0.29, 0.717) is 25.0 Å². The van der Waals surface area contributed by atoms with Crippen molar-refractivity contribution in [2.75, 3.05) is 19.6 Å². The first-order valence-electron chi connectivity index (χ1n) is 7.50. The number of carbonyl (C=O) groups is 1. The lowest BCUT2D eigenvalue weighted by atomic mass is 9.89. The molecule has 2 aliphatic rings. The fraction of sp³-hybridized carbons (Fsp3) is 0.643. The number of hydrogen-bond donors (Lipinski definition) is 3. The maximum absolute atomic E-state index is 12.4. The molecule has 1 aromatic rings. The van der Waals surface area contributed by atoms with Crippen LogP contribution < -0.4 is 16.6 Å². The van der Waals surface area contributed by atoms with Crippen molar-refractivity contribution >= 4 is 5.91 Å². The molecule has 21 heavy (non-hydrogen) atoms. The van der Waals surface area contributed by atoms with E-state index in [-0.39, 0.29) is 11.6 Å². The molecule has 0 aliphatic carbocycles. The Morgan fingerprint density at radius 2 is 2.05 bits per heavy atom. The molecule has 7 heteroatoms. The van der Waals surface area contributed by atoms with Crippen LogP contribution in [0.1, 0.15) is 36.2 Å². The molecule has 0 aromatic carbocycles. The van der Waals surface area contributed by atoms with Crippen LogP contribution in [-0.2, 0) is 0 Å². The number of carbonyl (C=O) groups excluding carboxylic acids is 1. The summed E-state index contributed by atoms with van der Waals surface area (Å²) in [7, 11) is 0. The third-order valence-electron chi connectivity index (χ3n) is 4.40. The summed E-state index contributed by atoms with van der Waals surface area (Å²) in [6.07, 6.45) is 4.43. The van der Waals surface area contributed by atoms with Crippen LogP contribution in [0.2, 0.25) is 0 Å². The Kier molecular flexibility index (Phi) is 3.92. The molecule has 114 valence electrons. The van der Waals surface area contributed by atoms with Crippen LogP contribution in [0.5, 0.6) is 0 Å². The van der Waals surface area contributed by atoms with Gasteiger partial charge in [0, 0.05) is 25.2 Å². The van der Waals surface area contributed by atoms with E-state index in [1.165, 1.54) is 6.42 Å². The van der Waals surface area contributed by atoms with E-state index in [0.717, 1.165) is 31.9 Å². The highest BCUT2D eigenvalue weighted by molar-refractivity contribution is 5.92. The fourth-order valence-electron chi connectivity index (χ4n) is 3.39. The van der Waals surface area contributed by atoms with Gasteiger partial charge in [-0.3, -0.25) is 14.6 Å². The monoisotopic (exact) mass is 292 g/mol. The van der Waals surface area contributed by atoms with Gasteiger partial charge < -0.3 is 15.2 Å². The molecule has 3 N–H and O–H groups in total. The van der Waals surface area contributed by atoms with Crippen molar-refractivity contribution < 1.29 is 4.79 Å². The minimum absolute atomic E-state index is 0.0729. The zero-order valence-corrected chi connectivity index (χ0v) is 11.9. The smallest absolute Gasteiger partial charge is 0.326 e. The van der Waals surface area contributed by atoms with E-state index in [2.05, 4.69) is 15.3 Å². The summed E-state index contributed by atoms with van der Waals surface area (Å²) in [5.41, 5.74) is -1.12. The molecule has 3 heterocycles. The quantitative estimate of drug-likeness (QED) is 0.695. The number of aromatic amines is 2. The zero-order chi connectivity index (χ0) is 14.8. The van der Waals surface area contributed by atoms with Gasteiger partial charge in [0.25, 0.3) is 11.5 Å². The first-order chi connectivity index (χ1) is 10.1. The van der Waals surface area contributed by atoms with Gasteiger partial charge in [0.15, 0.2) is 0 Å². The Labute approximate surface area is 121 Å². The van der Waals surface area contributed by atoms with Crippen LogP contribution in [0.4, 0.5) is 0 Å². The van der Waals surface area contributed by atoms with Crippen LogP contribution in [0.3, 0.4) is 0 Å². The molecular formula is C14H20N4O3. The number of nitrogens with zero attached hydrogens (tertiary/aromatic N) is 1. The number of amides is 1. The molecule has 2 fully saturated rings. The minimum atomic E-state index is -0.642. The van der Waals surface area contributed by atoms with Gasteiger partial charge in [0.05, 0.1) is 0 Å². The third kappa shape index (κ3) is 3.07. The van der Waals surface area contributed by atoms with Crippen molar-refractivity contribution in [1.29, 1.82) is 0 Å². The van der Waals surface area contributed by atoms with Crippen molar-refractivity contribution in [3.05, 3.63) is 32.6 Å². The fourth-order valence-corrected chi connectivity index (χ4v) is 3.39. The molecule has 0 radical (unpaired) electrons. The van der Waals surface area contributed by atoms with Crippen molar-refractivity contribution in [2.45, 2.75) is 31.7 Å². The first-order valence-corrected chi connectivity index (χ1v) is 7.50. The van der Waals surface area contributed by atoms with E-state index >= 15 is 0 Å². The van der Waals surface area contributed by atoms with E-state index in [1.54, 1.807) is 4.90 Å². The molecule has 1 amide bonds. The van der Waals surface area contributed by atoms with Crippen molar-refractivity contribution in [3.63, 3.8) is 0 Å². The maximum Gasteiger partial charge on any atom is 0.326 e. The molecule has 1 aromatic heterocycles. The number of nitrogens with one attached hydrogen (secondary N) is 3. The van der Waals surface area contributed by atoms with Gasteiger partial charge >= 0.3 is 5.69 Å². The summed E-state index contributed by atoms with van der Waals surface area (Å²) < 4.78 is 0. The summed E-state index contributed by atoms with van der Waals surface area (Å²) in [5, 5.41) is 3.49. The molecule has 0 bridgehead atoms. The Morgan fingerprint density at radius 3 is 2.76 bits per heavy atom. The number of aromatic nitrogens is 2. The van der Waals surface area contributed by atoms with Crippen LogP contribution in [-0.4, -0.2) is 46.5 Å². The van der Waals surface area contributed by atoms with E-state index in [4.69, 9.17) is 0 Å². The molecule has 2 unspecified atom stereocenters. The summed E-state index contributed by atoms with van der Waals surface area (Å²) >= 11 is 0. The van der Waals surface area contributed by atoms with E-state index < -0.39 is 11.2 Å². The molecule has 2 aliphatic heterocycles. The molecule has 0 saturated carbocycles. The van der Waals surface area contributed by atoms with Gasteiger partial charge in [-0.15, -0.1) is 0 Å². The summed E-state index contributed by atoms with van der Waals surface area (Å²) in [6.45, 7) is 2.42. The summed E-state index contributed by atoms with van der Waals surface area (Å²) in [6, 6.07) is 1.64. The maximum atomic E-state index is 12.4. The van der Waals surface area contributed by atoms with Crippen LogP contribution in [0.15, 0.2) is 15.7 Å².